The third-order valence-electron chi connectivity index (χ3n) is 0.838. The first kappa shape index (κ1) is 15.9. The highest BCUT2D eigenvalue weighted by Crippen LogP contribution is 2.46. The summed E-state index contributed by atoms with van der Waals surface area (Å²) in [4.78, 5) is 8.65. The number of rotatable bonds is 6. The number of hydrogen-bond donors (Lipinski definition) is 2. The molecule has 0 aromatic rings. The van der Waals surface area contributed by atoms with E-state index in [1.165, 1.54) is 0 Å². The van der Waals surface area contributed by atoms with Crippen LogP contribution in [-0.4, -0.2) is 17.6 Å². The van der Waals surface area contributed by atoms with Crippen LogP contribution in [0.4, 0.5) is 8.78 Å². The lowest BCUT2D eigenvalue weighted by Crippen LogP contribution is -2.06. The molecule has 0 saturated carbocycles. The Bertz CT molecular complexity index is 218. The molecule has 5 nitrogen and oxygen atoms in total. The van der Waals surface area contributed by atoms with Crippen molar-refractivity contribution in [3.05, 3.63) is 25.3 Å². The molecule has 0 spiro atoms. The van der Waals surface area contributed by atoms with Gasteiger partial charge in [-0.25, -0.2) is 22.4 Å². The van der Waals surface area contributed by atoms with Gasteiger partial charge in [-0.1, -0.05) is 13.2 Å². The van der Waals surface area contributed by atoms with Crippen LogP contribution in [0.15, 0.2) is 25.3 Å². The van der Waals surface area contributed by atoms with Gasteiger partial charge in [0.25, 0.3) is 0 Å². The standard InChI is InChI=1S/C6H9F2O4P.H3N/c1-3-5(7)11-13(9,10)12-6(8)4-2;/h3-6H,1-2H2,(H,9,10);1H3. The van der Waals surface area contributed by atoms with Crippen LogP contribution in [0.1, 0.15) is 0 Å². The maximum Gasteiger partial charge on any atom is 0.477 e. The van der Waals surface area contributed by atoms with E-state index in [2.05, 4.69) is 22.2 Å². The van der Waals surface area contributed by atoms with E-state index in [4.69, 9.17) is 4.89 Å². The van der Waals surface area contributed by atoms with Crippen molar-refractivity contribution in [1.29, 1.82) is 0 Å². The van der Waals surface area contributed by atoms with E-state index in [0.29, 0.717) is 12.2 Å². The summed E-state index contributed by atoms with van der Waals surface area (Å²) in [6.07, 6.45) is -3.14. The van der Waals surface area contributed by atoms with Gasteiger partial charge in [0.2, 0.25) is 12.7 Å². The van der Waals surface area contributed by atoms with Gasteiger partial charge in [0, 0.05) is 0 Å². The van der Waals surface area contributed by atoms with E-state index in [-0.39, 0.29) is 6.15 Å². The van der Waals surface area contributed by atoms with Gasteiger partial charge in [0.15, 0.2) is 0 Å². The third-order valence-corrected chi connectivity index (χ3v) is 1.77. The predicted octanol–water partition coefficient (Wildman–Crippen LogP) is 2.25. The van der Waals surface area contributed by atoms with Crippen molar-refractivity contribution >= 4 is 7.82 Å². The Morgan fingerprint density at radius 3 is 1.71 bits per heavy atom. The first-order valence-electron chi connectivity index (χ1n) is 3.14. The van der Waals surface area contributed by atoms with Gasteiger partial charge in [0.1, 0.15) is 0 Å². The quantitative estimate of drug-likeness (QED) is 0.540. The molecule has 0 bridgehead atoms. The predicted molar refractivity (Wildman–Crippen MR) is 47.2 cm³/mol. The van der Waals surface area contributed by atoms with E-state index in [9.17, 15) is 13.3 Å². The maximum absolute atomic E-state index is 12.3. The molecular weight excluding hydrogens is 219 g/mol. The van der Waals surface area contributed by atoms with E-state index in [0.717, 1.165) is 0 Å². The van der Waals surface area contributed by atoms with Gasteiger partial charge in [-0.2, -0.15) is 0 Å². The van der Waals surface area contributed by atoms with Crippen molar-refractivity contribution in [2.45, 2.75) is 12.7 Å². The lowest BCUT2D eigenvalue weighted by atomic mass is 10.7. The van der Waals surface area contributed by atoms with E-state index >= 15 is 0 Å². The van der Waals surface area contributed by atoms with E-state index < -0.39 is 20.5 Å². The highest BCUT2D eigenvalue weighted by atomic mass is 31.2. The zero-order valence-corrected chi connectivity index (χ0v) is 8.20. The Kier molecular flexibility index (Phi) is 7.71. The molecule has 0 aliphatic heterocycles. The molecule has 14 heavy (non-hydrogen) atoms. The SMILES string of the molecule is C=CC(F)OP(=O)(O)OC(F)C=C.N. The minimum Gasteiger partial charge on any atom is -0.344 e. The normalized spacial score (nSPS) is 18.5. The molecule has 0 radical (unpaired) electrons. The lowest BCUT2D eigenvalue weighted by Gasteiger charge is -2.13. The Morgan fingerprint density at radius 1 is 1.21 bits per heavy atom. The van der Waals surface area contributed by atoms with Crippen LogP contribution < -0.4 is 6.15 Å². The molecule has 8 heteroatoms. The second-order valence-electron chi connectivity index (χ2n) is 1.85. The zero-order valence-electron chi connectivity index (χ0n) is 7.31. The molecule has 0 amide bonds. The van der Waals surface area contributed by atoms with Gasteiger partial charge < -0.3 is 11.0 Å². The van der Waals surface area contributed by atoms with Crippen LogP contribution in [0.2, 0.25) is 0 Å². The van der Waals surface area contributed by atoms with Gasteiger partial charge in [-0.15, -0.1) is 0 Å². The van der Waals surface area contributed by atoms with Crippen molar-refractivity contribution in [2.75, 3.05) is 0 Å². The highest BCUT2D eigenvalue weighted by molar-refractivity contribution is 7.47. The minimum atomic E-state index is -4.73. The fourth-order valence-electron chi connectivity index (χ4n) is 0.365. The molecule has 0 rings (SSSR count). The molecule has 0 saturated heterocycles. The number of alkyl halides is 2. The smallest absolute Gasteiger partial charge is 0.344 e. The number of phosphoric acid groups is 1. The summed E-state index contributed by atoms with van der Waals surface area (Å²) in [6, 6.07) is 0. The molecule has 2 atom stereocenters. The summed E-state index contributed by atoms with van der Waals surface area (Å²) < 4.78 is 42.8. The molecule has 0 fully saturated rings. The third kappa shape index (κ3) is 6.88. The first-order valence-corrected chi connectivity index (χ1v) is 4.63. The van der Waals surface area contributed by atoms with Gasteiger partial charge in [0.05, 0.1) is 0 Å². The monoisotopic (exact) mass is 231 g/mol. The summed E-state index contributed by atoms with van der Waals surface area (Å²) in [6.45, 7) is 5.88. The van der Waals surface area contributed by atoms with Crippen LogP contribution in [0.5, 0.6) is 0 Å². The summed E-state index contributed by atoms with van der Waals surface area (Å²) in [7, 11) is -4.73. The molecule has 0 aliphatic carbocycles. The second-order valence-corrected chi connectivity index (χ2v) is 3.21. The molecule has 2 unspecified atom stereocenters. The fourth-order valence-corrected chi connectivity index (χ4v) is 1.10. The van der Waals surface area contributed by atoms with Crippen LogP contribution >= 0.6 is 7.82 Å². The summed E-state index contributed by atoms with van der Waals surface area (Å²) in [5.41, 5.74) is 0. The fraction of sp³-hybridized carbons (Fsp3) is 0.333. The number of halogens is 2. The Hall–Kier alpha value is -0.590. The molecule has 4 N–H and O–H groups in total. The van der Waals surface area contributed by atoms with Crippen molar-refractivity contribution < 1.29 is 27.3 Å². The topological polar surface area (TPSA) is 90.8 Å². The van der Waals surface area contributed by atoms with E-state index in [1.807, 2.05) is 0 Å². The first-order chi connectivity index (χ1) is 5.91. The summed E-state index contributed by atoms with van der Waals surface area (Å²) >= 11 is 0. The second kappa shape index (κ2) is 6.80. The maximum atomic E-state index is 12.3. The van der Waals surface area contributed by atoms with Gasteiger partial charge >= 0.3 is 7.82 Å². The summed E-state index contributed by atoms with van der Waals surface area (Å²) in [5, 5.41) is 0. The minimum absolute atomic E-state index is 0. The molecule has 0 aromatic heterocycles. The van der Waals surface area contributed by atoms with E-state index in [1.54, 1.807) is 0 Å². The van der Waals surface area contributed by atoms with Crippen LogP contribution in [0.25, 0.3) is 0 Å². The summed E-state index contributed by atoms with van der Waals surface area (Å²) in [5.74, 6) is 0. The lowest BCUT2D eigenvalue weighted by molar-refractivity contribution is 0.0167. The molecule has 0 aliphatic rings. The molecule has 0 aromatic carbocycles. The van der Waals surface area contributed by atoms with Crippen LogP contribution in [0.3, 0.4) is 0 Å². The zero-order chi connectivity index (χ0) is 10.5. The number of hydrogen-bond acceptors (Lipinski definition) is 4. The van der Waals surface area contributed by atoms with Crippen molar-refractivity contribution in [3.8, 4) is 0 Å². The Morgan fingerprint density at radius 2 is 1.50 bits per heavy atom. The van der Waals surface area contributed by atoms with Crippen LogP contribution in [0, 0.1) is 0 Å². The van der Waals surface area contributed by atoms with Crippen molar-refractivity contribution in [1.82, 2.24) is 6.15 Å². The highest BCUT2D eigenvalue weighted by Gasteiger charge is 2.28. The van der Waals surface area contributed by atoms with Crippen LogP contribution in [-0.2, 0) is 13.6 Å². The largest absolute Gasteiger partial charge is 0.477 e. The Labute approximate surface area is 80.2 Å². The average molecular weight is 231 g/mol. The molecule has 84 valence electrons. The van der Waals surface area contributed by atoms with Gasteiger partial charge in [-0.05, 0) is 12.2 Å². The Balaban J connectivity index is 0. The molecular formula is C6H12F2NO4P. The number of phosphoric ester groups is 1. The van der Waals surface area contributed by atoms with Crippen molar-refractivity contribution in [3.63, 3.8) is 0 Å². The van der Waals surface area contributed by atoms with Crippen molar-refractivity contribution in [2.24, 2.45) is 0 Å². The average Bonchev–Trinajstić information content (AvgIpc) is 2.02. The van der Waals surface area contributed by atoms with Gasteiger partial charge in [-0.3, -0.25) is 0 Å². The molecule has 0 heterocycles.